The number of carbonyl (C=O) groups is 3. The second kappa shape index (κ2) is 10.3. The van der Waals surface area contributed by atoms with E-state index in [2.05, 4.69) is 20.9 Å². The molecule has 3 aromatic rings. The molecule has 0 aliphatic carbocycles. The van der Waals surface area contributed by atoms with Crippen LogP contribution in [-0.4, -0.2) is 35.8 Å². The van der Waals surface area contributed by atoms with Crippen LogP contribution in [0.3, 0.4) is 0 Å². The predicted molar refractivity (Wildman–Crippen MR) is 126 cm³/mol. The molecule has 3 rings (SSSR count). The van der Waals surface area contributed by atoms with Crippen LogP contribution in [0.1, 0.15) is 31.3 Å². The number of amides is 3. The van der Waals surface area contributed by atoms with Crippen molar-refractivity contribution in [1.29, 1.82) is 0 Å². The summed E-state index contributed by atoms with van der Waals surface area (Å²) in [6, 6.07) is 12.9. The molecule has 1 aromatic heterocycles. The second-order valence-electron chi connectivity index (χ2n) is 6.98. The van der Waals surface area contributed by atoms with E-state index in [0.29, 0.717) is 26.3 Å². The summed E-state index contributed by atoms with van der Waals surface area (Å²) in [5.41, 5.74) is 8.07. The quantitative estimate of drug-likeness (QED) is 0.401. The molecule has 0 aliphatic rings. The van der Waals surface area contributed by atoms with Gasteiger partial charge in [0.15, 0.2) is 5.13 Å². The lowest BCUT2D eigenvalue weighted by molar-refractivity contribution is -0.119. The fourth-order valence-corrected chi connectivity index (χ4v) is 4.07. The van der Waals surface area contributed by atoms with E-state index in [0.717, 1.165) is 11.3 Å². The van der Waals surface area contributed by atoms with Crippen molar-refractivity contribution in [2.75, 3.05) is 12.4 Å². The Morgan fingerprint density at radius 1 is 1.12 bits per heavy atom. The van der Waals surface area contributed by atoms with Gasteiger partial charge < -0.3 is 21.7 Å². The van der Waals surface area contributed by atoms with Crippen LogP contribution in [0, 0.1) is 6.92 Å². The molecule has 0 bridgehead atoms. The number of anilines is 2. The van der Waals surface area contributed by atoms with E-state index in [4.69, 9.17) is 17.3 Å². The van der Waals surface area contributed by atoms with Gasteiger partial charge in [-0.2, -0.15) is 0 Å². The number of halogens is 1. The first-order valence-electron chi connectivity index (χ1n) is 9.68. The van der Waals surface area contributed by atoms with Crippen molar-refractivity contribution in [3.8, 4) is 0 Å². The average Bonchev–Trinajstić information content (AvgIpc) is 3.13. The third-order valence-electron chi connectivity index (χ3n) is 4.61. The van der Waals surface area contributed by atoms with Gasteiger partial charge in [-0.25, -0.2) is 4.98 Å². The van der Waals surface area contributed by atoms with Crippen molar-refractivity contribution in [2.24, 2.45) is 5.73 Å². The fraction of sp³-hybridized carbons (Fsp3) is 0.182. The second-order valence-corrected chi connectivity index (χ2v) is 8.41. The molecule has 0 spiro atoms. The maximum atomic E-state index is 12.4. The number of benzene rings is 2. The number of nitrogens with two attached hydrogens (primary N) is 1. The Hall–Kier alpha value is -3.43. The van der Waals surface area contributed by atoms with E-state index in [-0.39, 0.29) is 12.3 Å². The van der Waals surface area contributed by atoms with Crippen molar-refractivity contribution >= 4 is 51.5 Å². The third-order valence-corrected chi connectivity index (χ3v) is 5.92. The number of carbonyl (C=O) groups excluding carboxylic acids is 3. The number of hydrogen-bond acceptors (Lipinski definition) is 6. The van der Waals surface area contributed by atoms with Crippen LogP contribution in [0.5, 0.6) is 0 Å². The molecule has 166 valence electrons. The van der Waals surface area contributed by atoms with Gasteiger partial charge in [0.2, 0.25) is 5.91 Å². The summed E-state index contributed by atoms with van der Waals surface area (Å²) in [6.07, 6.45) is 0.235. The molecular weight excluding hydrogens is 450 g/mol. The van der Waals surface area contributed by atoms with Crippen molar-refractivity contribution in [1.82, 2.24) is 15.6 Å². The van der Waals surface area contributed by atoms with Gasteiger partial charge in [0.05, 0.1) is 5.69 Å². The number of hydrogen-bond donors (Lipinski definition) is 4. The normalized spacial score (nSPS) is 11.5. The van der Waals surface area contributed by atoms with Crippen LogP contribution in [0.15, 0.2) is 48.5 Å². The van der Waals surface area contributed by atoms with Gasteiger partial charge >= 0.3 is 0 Å². The largest absolute Gasteiger partial charge is 0.368 e. The topological polar surface area (TPSA) is 126 Å². The first kappa shape index (κ1) is 23.2. The van der Waals surface area contributed by atoms with Gasteiger partial charge in [-0.15, -0.1) is 0 Å². The lowest BCUT2D eigenvalue weighted by Gasteiger charge is -2.16. The van der Waals surface area contributed by atoms with Crippen molar-refractivity contribution in [3.05, 3.63) is 75.3 Å². The van der Waals surface area contributed by atoms with Gasteiger partial charge in [-0.1, -0.05) is 41.1 Å². The van der Waals surface area contributed by atoms with Gasteiger partial charge in [0.25, 0.3) is 11.8 Å². The van der Waals surface area contributed by atoms with Crippen LogP contribution in [0.2, 0.25) is 5.02 Å². The van der Waals surface area contributed by atoms with Crippen LogP contribution >= 0.6 is 22.9 Å². The van der Waals surface area contributed by atoms with E-state index in [9.17, 15) is 14.4 Å². The fourth-order valence-electron chi connectivity index (χ4n) is 2.95. The van der Waals surface area contributed by atoms with Gasteiger partial charge in [0.1, 0.15) is 10.9 Å². The molecule has 0 saturated carbocycles. The summed E-state index contributed by atoms with van der Waals surface area (Å²) >= 11 is 7.18. The number of rotatable bonds is 8. The highest BCUT2D eigenvalue weighted by Gasteiger charge is 2.20. The predicted octanol–water partition coefficient (Wildman–Crippen LogP) is 3.03. The Morgan fingerprint density at radius 3 is 2.47 bits per heavy atom. The maximum absolute atomic E-state index is 12.4. The molecule has 2 aromatic carbocycles. The molecule has 5 N–H and O–H groups in total. The summed E-state index contributed by atoms with van der Waals surface area (Å²) in [4.78, 5) is 41.1. The highest BCUT2D eigenvalue weighted by atomic mass is 35.5. The van der Waals surface area contributed by atoms with E-state index in [1.54, 1.807) is 32.2 Å². The van der Waals surface area contributed by atoms with E-state index < -0.39 is 17.9 Å². The Kier molecular flexibility index (Phi) is 7.45. The lowest BCUT2D eigenvalue weighted by Crippen LogP contribution is -2.45. The summed E-state index contributed by atoms with van der Waals surface area (Å²) < 4.78 is 0. The molecule has 0 aliphatic heterocycles. The van der Waals surface area contributed by atoms with Crippen LogP contribution < -0.4 is 21.7 Å². The zero-order valence-electron chi connectivity index (χ0n) is 17.4. The van der Waals surface area contributed by atoms with Crippen LogP contribution in [0.25, 0.3) is 0 Å². The molecule has 0 saturated heterocycles. The molecular formula is C22H22ClN5O3S. The lowest BCUT2D eigenvalue weighted by atomic mass is 10.0. The SMILES string of the molecule is CNC(=O)c1sc(Nc2ccc(CC(NC(=O)c3cccc(Cl)c3)C(N)=O)cc2)nc1C. The highest BCUT2D eigenvalue weighted by molar-refractivity contribution is 7.17. The number of aromatic nitrogens is 1. The van der Waals surface area contributed by atoms with Gasteiger partial charge in [0, 0.05) is 29.7 Å². The molecule has 10 heteroatoms. The molecule has 3 amide bonds. The van der Waals surface area contributed by atoms with Crippen LogP contribution in [-0.2, 0) is 11.2 Å². The summed E-state index contributed by atoms with van der Waals surface area (Å²) in [5, 5.41) is 9.42. The number of nitrogens with one attached hydrogen (secondary N) is 3. The number of aryl methyl sites for hydroxylation is 1. The zero-order chi connectivity index (χ0) is 23.3. The Labute approximate surface area is 194 Å². The minimum Gasteiger partial charge on any atom is -0.368 e. The molecule has 1 atom stereocenters. The van der Waals surface area contributed by atoms with Crippen molar-refractivity contribution < 1.29 is 14.4 Å². The van der Waals surface area contributed by atoms with Crippen molar-refractivity contribution in [3.63, 3.8) is 0 Å². The summed E-state index contributed by atoms with van der Waals surface area (Å²) in [5.74, 6) is -1.25. The van der Waals surface area contributed by atoms with E-state index >= 15 is 0 Å². The highest BCUT2D eigenvalue weighted by Crippen LogP contribution is 2.26. The first-order valence-corrected chi connectivity index (χ1v) is 10.9. The average molecular weight is 472 g/mol. The van der Waals surface area contributed by atoms with Gasteiger partial charge in [-0.05, 0) is 42.8 Å². The first-order chi connectivity index (χ1) is 15.3. The molecule has 0 radical (unpaired) electrons. The third kappa shape index (κ3) is 5.83. The molecule has 1 heterocycles. The number of nitrogens with zero attached hydrogens (tertiary/aromatic N) is 1. The van der Waals surface area contributed by atoms with E-state index in [1.807, 2.05) is 24.3 Å². The minimum atomic E-state index is -0.878. The van der Waals surface area contributed by atoms with Crippen LogP contribution in [0.4, 0.5) is 10.8 Å². The Balaban J connectivity index is 1.66. The van der Waals surface area contributed by atoms with Gasteiger partial charge in [-0.3, -0.25) is 14.4 Å². The van der Waals surface area contributed by atoms with Crippen molar-refractivity contribution in [2.45, 2.75) is 19.4 Å². The summed E-state index contributed by atoms with van der Waals surface area (Å²) in [7, 11) is 1.57. The maximum Gasteiger partial charge on any atom is 0.263 e. The number of thiazole rings is 1. The minimum absolute atomic E-state index is 0.180. The Bertz CT molecular complexity index is 1150. The smallest absolute Gasteiger partial charge is 0.263 e. The standard InChI is InChI=1S/C22H22ClN5O3S/c1-12-18(21(31)25-2)32-22(26-12)27-16-8-6-13(7-9-16)10-17(19(24)29)28-20(30)14-4-3-5-15(23)11-14/h3-9,11,17H,10H2,1-2H3,(H2,24,29)(H,25,31)(H,26,27)(H,28,30). The molecule has 32 heavy (non-hydrogen) atoms. The molecule has 1 unspecified atom stereocenters. The zero-order valence-corrected chi connectivity index (χ0v) is 19.0. The van der Waals surface area contributed by atoms with E-state index in [1.165, 1.54) is 17.4 Å². The number of primary amides is 1. The molecule has 8 nitrogen and oxygen atoms in total. The monoisotopic (exact) mass is 471 g/mol. The Morgan fingerprint density at radius 2 is 1.84 bits per heavy atom. The summed E-state index contributed by atoms with van der Waals surface area (Å²) in [6.45, 7) is 1.77. The molecule has 0 fully saturated rings.